The van der Waals surface area contributed by atoms with Gasteiger partial charge < -0.3 is 0 Å². The van der Waals surface area contributed by atoms with Crippen LogP contribution in [0.4, 0.5) is 0 Å². The van der Waals surface area contributed by atoms with E-state index in [-0.39, 0.29) is 10.5 Å². The van der Waals surface area contributed by atoms with Gasteiger partial charge in [0.1, 0.15) is 6.29 Å². The van der Waals surface area contributed by atoms with Gasteiger partial charge in [-0.25, -0.2) is 0 Å². The fourth-order valence-corrected chi connectivity index (χ4v) is 1.23. The molecule has 0 saturated heterocycles. The summed E-state index contributed by atoms with van der Waals surface area (Å²) in [4.78, 5) is 10.1. The van der Waals surface area contributed by atoms with Crippen LogP contribution in [0.3, 0.4) is 0 Å². The van der Waals surface area contributed by atoms with Crippen LogP contribution < -0.4 is 0 Å². The van der Waals surface area contributed by atoms with Gasteiger partial charge in [-0.1, -0.05) is 13.3 Å². The van der Waals surface area contributed by atoms with Crippen molar-refractivity contribution in [1.29, 1.82) is 0 Å². The first-order valence-electron chi connectivity index (χ1n) is 3.56. The van der Waals surface area contributed by atoms with Crippen LogP contribution in [0.1, 0.15) is 26.7 Å². The van der Waals surface area contributed by atoms with Crippen molar-refractivity contribution in [1.82, 2.24) is 0 Å². The number of rotatable bonds is 4. The van der Waals surface area contributed by atoms with Crippen molar-refractivity contribution in [3.8, 4) is 0 Å². The highest BCUT2D eigenvalue weighted by atomic mass is 32.2. The molecule has 4 nitrogen and oxygen atoms in total. The van der Waals surface area contributed by atoms with Crippen molar-refractivity contribution in [2.24, 2.45) is 0 Å². The van der Waals surface area contributed by atoms with Gasteiger partial charge in [0.15, 0.2) is 0 Å². The smallest absolute Gasteiger partial charge is 0.290 e. The maximum absolute atomic E-state index is 10.5. The molecule has 0 spiro atoms. The van der Waals surface area contributed by atoms with Gasteiger partial charge in [-0.05, 0) is 13.3 Å². The number of aldehydes is 1. The Hall–Kier alpha value is -0.680. The van der Waals surface area contributed by atoms with Gasteiger partial charge in [-0.3, -0.25) is 9.35 Å². The topological polar surface area (TPSA) is 71.4 Å². The lowest BCUT2D eigenvalue weighted by Gasteiger charge is -2.00. The maximum atomic E-state index is 10.5. The third-order valence-corrected chi connectivity index (χ3v) is 2.54. The molecule has 0 aromatic heterocycles. The summed E-state index contributed by atoms with van der Waals surface area (Å²) in [6, 6.07) is 0. The largest absolute Gasteiger partial charge is 0.298 e. The Morgan fingerprint density at radius 2 is 2.00 bits per heavy atom. The fourth-order valence-electron chi connectivity index (χ4n) is 0.753. The summed E-state index contributed by atoms with van der Waals surface area (Å²) in [7, 11) is -4.19. The Balaban J connectivity index is 4.98. The van der Waals surface area contributed by atoms with Crippen LogP contribution in [-0.4, -0.2) is 19.3 Å². The zero-order chi connectivity index (χ0) is 9.78. The molecule has 0 saturated carbocycles. The molecular formula is C7H12O4S. The Morgan fingerprint density at radius 1 is 1.50 bits per heavy atom. The molecule has 0 aliphatic heterocycles. The minimum Gasteiger partial charge on any atom is -0.298 e. The van der Waals surface area contributed by atoms with Crippen molar-refractivity contribution in [2.45, 2.75) is 26.7 Å². The molecule has 0 bridgehead atoms. The minimum absolute atomic E-state index is 0.139. The molecule has 70 valence electrons. The van der Waals surface area contributed by atoms with E-state index in [0.29, 0.717) is 19.1 Å². The molecule has 12 heavy (non-hydrogen) atoms. The van der Waals surface area contributed by atoms with E-state index >= 15 is 0 Å². The number of hydrogen-bond acceptors (Lipinski definition) is 3. The van der Waals surface area contributed by atoms with Gasteiger partial charge in [0.05, 0.1) is 4.91 Å². The first-order valence-corrected chi connectivity index (χ1v) is 5.00. The van der Waals surface area contributed by atoms with Crippen molar-refractivity contribution in [3.05, 3.63) is 10.5 Å². The number of hydrogen-bond donors (Lipinski definition) is 1. The van der Waals surface area contributed by atoms with Crippen LogP contribution in [0.25, 0.3) is 0 Å². The summed E-state index contributed by atoms with van der Waals surface area (Å²) >= 11 is 0. The van der Waals surface area contributed by atoms with Crippen molar-refractivity contribution in [3.63, 3.8) is 0 Å². The lowest BCUT2D eigenvalue weighted by Crippen LogP contribution is -2.03. The van der Waals surface area contributed by atoms with E-state index in [2.05, 4.69) is 0 Å². The molecule has 0 atom stereocenters. The van der Waals surface area contributed by atoms with E-state index in [0.717, 1.165) is 0 Å². The van der Waals surface area contributed by atoms with E-state index in [1.54, 1.807) is 0 Å². The first kappa shape index (κ1) is 11.3. The standard InChI is InChI=1S/C7H12O4S/c1-3-4-7(5-8)6(2)12(9,10)11/h5H,3-4H2,1-2H3,(H,9,10,11). The zero-order valence-corrected chi connectivity index (χ0v) is 7.89. The second-order valence-electron chi connectivity index (χ2n) is 2.42. The Kier molecular flexibility index (Phi) is 4.12. The third-order valence-electron chi connectivity index (χ3n) is 1.50. The van der Waals surface area contributed by atoms with Gasteiger partial charge in [-0.15, -0.1) is 0 Å². The van der Waals surface area contributed by atoms with Crippen LogP contribution in [-0.2, 0) is 14.9 Å². The summed E-state index contributed by atoms with van der Waals surface area (Å²) < 4.78 is 29.7. The van der Waals surface area contributed by atoms with E-state index in [4.69, 9.17) is 4.55 Å². The third kappa shape index (κ3) is 3.15. The molecule has 0 heterocycles. The molecule has 0 aliphatic rings. The number of allylic oxidation sites excluding steroid dienone is 2. The van der Waals surface area contributed by atoms with Crippen LogP contribution in [0.15, 0.2) is 10.5 Å². The maximum Gasteiger partial charge on any atom is 0.290 e. The van der Waals surface area contributed by atoms with E-state index in [9.17, 15) is 13.2 Å². The molecule has 1 N–H and O–H groups in total. The summed E-state index contributed by atoms with van der Waals surface area (Å²) in [5.41, 5.74) is 0.139. The van der Waals surface area contributed by atoms with Crippen molar-refractivity contribution < 1.29 is 17.8 Å². The predicted molar refractivity (Wildman–Crippen MR) is 45.2 cm³/mol. The molecule has 5 heteroatoms. The van der Waals surface area contributed by atoms with Crippen molar-refractivity contribution in [2.75, 3.05) is 0 Å². The highest BCUT2D eigenvalue weighted by molar-refractivity contribution is 7.89. The number of carbonyl (C=O) groups is 1. The lowest BCUT2D eigenvalue weighted by molar-refractivity contribution is -0.105. The van der Waals surface area contributed by atoms with E-state index in [1.165, 1.54) is 6.92 Å². The van der Waals surface area contributed by atoms with Gasteiger partial charge in [0, 0.05) is 5.57 Å². The monoisotopic (exact) mass is 192 g/mol. The molecule has 0 unspecified atom stereocenters. The normalized spacial score (nSPS) is 13.9. The highest BCUT2D eigenvalue weighted by Crippen LogP contribution is 2.12. The number of carbonyl (C=O) groups excluding carboxylic acids is 1. The van der Waals surface area contributed by atoms with Crippen LogP contribution in [0, 0.1) is 0 Å². The quantitative estimate of drug-likeness (QED) is 0.412. The average molecular weight is 192 g/mol. The van der Waals surface area contributed by atoms with Gasteiger partial charge in [0.25, 0.3) is 10.1 Å². The Bertz CT molecular complexity index is 287. The predicted octanol–water partition coefficient (Wildman–Crippen LogP) is 1.15. The zero-order valence-electron chi connectivity index (χ0n) is 7.07. The van der Waals surface area contributed by atoms with Crippen LogP contribution in [0.2, 0.25) is 0 Å². The minimum atomic E-state index is -4.19. The molecular weight excluding hydrogens is 180 g/mol. The first-order chi connectivity index (χ1) is 5.43. The van der Waals surface area contributed by atoms with E-state index in [1.807, 2.05) is 6.92 Å². The Morgan fingerprint density at radius 3 is 2.25 bits per heavy atom. The summed E-state index contributed by atoms with van der Waals surface area (Å²) in [5.74, 6) is 0. The van der Waals surface area contributed by atoms with Gasteiger partial charge in [-0.2, -0.15) is 8.42 Å². The van der Waals surface area contributed by atoms with E-state index < -0.39 is 10.1 Å². The SMILES string of the molecule is CCCC(C=O)=C(C)S(=O)(=O)O. The molecule has 0 aliphatic carbocycles. The molecule has 0 aromatic carbocycles. The average Bonchev–Trinajstić information content (AvgIpc) is 1.97. The van der Waals surface area contributed by atoms with Crippen LogP contribution >= 0.6 is 0 Å². The van der Waals surface area contributed by atoms with Gasteiger partial charge in [0.2, 0.25) is 0 Å². The van der Waals surface area contributed by atoms with Gasteiger partial charge >= 0.3 is 0 Å². The fraction of sp³-hybridized carbons (Fsp3) is 0.571. The van der Waals surface area contributed by atoms with Crippen LogP contribution in [0.5, 0.6) is 0 Å². The molecule has 0 fully saturated rings. The second kappa shape index (κ2) is 4.37. The molecule has 0 amide bonds. The summed E-state index contributed by atoms with van der Waals surface area (Å²) in [6.45, 7) is 3.04. The summed E-state index contributed by atoms with van der Waals surface area (Å²) in [5, 5.41) is 0. The Labute approximate surface area is 72.0 Å². The lowest BCUT2D eigenvalue weighted by atomic mass is 10.2. The highest BCUT2D eigenvalue weighted by Gasteiger charge is 2.12. The molecule has 0 rings (SSSR count). The molecule has 0 aromatic rings. The molecule has 0 radical (unpaired) electrons. The van der Waals surface area contributed by atoms with Crippen molar-refractivity contribution >= 4 is 16.4 Å². The second-order valence-corrected chi connectivity index (χ2v) is 3.99. The summed E-state index contributed by atoms with van der Waals surface area (Å²) in [6.07, 6.45) is 1.50.